The molecule has 0 amide bonds. The lowest BCUT2D eigenvalue weighted by Gasteiger charge is -2.20. The zero-order valence-corrected chi connectivity index (χ0v) is 19.6. The van der Waals surface area contributed by atoms with Gasteiger partial charge in [-0.1, -0.05) is 18.2 Å². The largest absolute Gasteiger partial charge is 0.454 e. The quantitative estimate of drug-likeness (QED) is 0.235. The van der Waals surface area contributed by atoms with Crippen LogP contribution in [0.25, 0.3) is 0 Å². The van der Waals surface area contributed by atoms with Crippen molar-refractivity contribution in [2.45, 2.75) is 38.9 Å². The van der Waals surface area contributed by atoms with E-state index in [1.807, 2.05) is 0 Å². The normalized spacial score (nSPS) is 23.7. The number of hydrazone groups is 1. The van der Waals surface area contributed by atoms with Crippen LogP contribution in [0.15, 0.2) is 45.4 Å². The van der Waals surface area contributed by atoms with E-state index in [9.17, 15) is 9.36 Å². The number of rotatable bonds is 11. The SMILES string of the molecule is CCOP(=O)(CO[C@@H]1C[C@@H](OC(=O)c2ccccc2)[C@H](N/N=C2/N=CN=C(N)C2=N)O1)OCC. The molecule has 14 heteroatoms. The highest BCUT2D eigenvalue weighted by molar-refractivity contribution is 7.53. The van der Waals surface area contributed by atoms with Crippen LogP contribution in [0.3, 0.4) is 0 Å². The van der Waals surface area contributed by atoms with E-state index in [0.717, 1.165) is 0 Å². The number of nitrogens with two attached hydrogens (primary N) is 1. The number of benzene rings is 1. The summed E-state index contributed by atoms with van der Waals surface area (Å²) in [6.07, 6.45) is -1.74. The maximum atomic E-state index is 12.7. The van der Waals surface area contributed by atoms with Crippen molar-refractivity contribution in [2.75, 3.05) is 19.6 Å². The van der Waals surface area contributed by atoms with Gasteiger partial charge in [0.2, 0.25) is 5.84 Å². The fourth-order valence-electron chi connectivity index (χ4n) is 3.01. The minimum Gasteiger partial charge on any atom is -0.454 e. The van der Waals surface area contributed by atoms with Gasteiger partial charge in [0.1, 0.15) is 12.1 Å². The lowest BCUT2D eigenvalue weighted by atomic mass is 10.2. The number of carbonyl (C=O) groups excluding carboxylic acids is 1. The molecule has 184 valence electrons. The zero-order chi connectivity index (χ0) is 24.6. The van der Waals surface area contributed by atoms with E-state index in [-0.39, 0.29) is 43.4 Å². The average Bonchev–Trinajstić information content (AvgIpc) is 3.21. The number of nitrogens with one attached hydrogen (secondary N) is 2. The molecule has 3 atom stereocenters. The monoisotopic (exact) mass is 494 g/mol. The van der Waals surface area contributed by atoms with Crippen molar-refractivity contribution in [3.63, 3.8) is 0 Å². The number of amidine groups is 2. The van der Waals surface area contributed by atoms with Gasteiger partial charge < -0.3 is 29.0 Å². The number of aliphatic imine (C=N–C) groups is 2. The summed E-state index contributed by atoms with van der Waals surface area (Å²) in [7, 11) is -3.47. The fourth-order valence-corrected chi connectivity index (χ4v) is 4.37. The molecule has 13 nitrogen and oxygen atoms in total. The van der Waals surface area contributed by atoms with Crippen LogP contribution in [0.2, 0.25) is 0 Å². The number of ether oxygens (including phenoxy) is 3. The average molecular weight is 494 g/mol. The van der Waals surface area contributed by atoms with E-state index >= 15 is 0 Å². The summed E-state index contributed by atoms with van der Waals surface area (Å²) in [5, 5.41) is 11.9. The summed E-state index contributed by atoms with van der Waals surface area (Å²) in [6.45, 7) is 3.76. The second-order valence-corrected chi connectivity index (χ2v) is 8.97. The topological polar surface area (TPSA) is 179 Å². The second kappa shape index (κ2) is 12.0. The number of hydrogen-bond donors (Lipinski definition) is 3. The van der Waals surface area contributed by atoms with Crippen LogP contribution in [-0.4, -0.2) is 67.9 Å². The maximum Gasteiger partial charge on any atom is 0.356 e. The highest BCUT2D eigenvalue weighted by Gasteiger charge is 2.40. The Balaban J connectivity index is 1.70. The standard InChI is InChI=1S/C20H27N6O7P/c1-3-30-34(28,31-4-2)12-29-15-10-14(32-20(27)13-8-6-5-7-9-13)19(33-15)26-25-18-16(21)17(22)23-11-24-18/h5-9,11,14-15,19,21,26H,3-4,10,12H2,1-2H3,(H2,22,23,24,25)/t14-,15+,19-/m1/s1. The van der Waals surface area contributed by atoms with Crippen molar-refractivity contribution in [3.8, 4) is 0 Å². The molecule has 4 N–H and O–H groups in total. The van der Waals surface area contributed by atoms with E-state index in [1.165, 1.54) is 6.34 Å². The predicted molar refractivity (Wildman–Crippen MR) is 124 cm³/mol. The third-order valence-corrected chi connectivity index (χ3v) is 6.32. The van der Waals surface area contributed by atoms with Crippen LogP contribution in [0, 0.1) is 5.41 Å². The molecule has 0 saturated carbocycles. The molecule has 0 aromatic heterocycles. The molecule has 2 aliphatic rings. The molecular weight excluding hydrogens is 467 g/mol. The summed E-state index contributed by atoms with van der Waals surface area (Å²) >= 11 is 0. The first kappa shape index (κ1) is 25.7. The Hall–Kier alpha value is -2.96. The molecule has 0 unspecified atom stereocenters. The molecule has 0 spiro atoms. The number of esters is 1. The lowest BCUT2D eigenvalue weighted by molar-refractivity contribution is -0.134. The molecule has 1 aromatic rings. The molecule has 3 rings (SSSR count). The summed E-state index contributed by atoms with van der Waals surface area (Å²) in [5.41, 5.74) is 8.50. The molecule has 1 aromatic carbocycles. The summed E-state index contributed by atoms with van der Waals surface area (Å²) in [6, 6.07) is 8.45. The van der Waals surface area contributed by atoms with E-state index < -0.39 is 32.2 Å². The van der Waals surface area contributed by atoms with Crippen LogP contribution in [0.5, 0.6) is 0 Å². The van der Waals surface area contributed by atoms with Gasteiger partial charge in [0.25, 0.3) is 0 Å². The Morgan fingerprint density at radius 3 is 2.68 bits per heavy atom. The predicted octanol–water partition coefficient (Wildman–Crippen LogP) is 1.85. The molecule has 2 heterocycles. The first-order valence-corrected chi connectivity index (χ1v) is 12.3. The Kier molecular flexibility index (Phi) is 9.02. The van der Waals surface area contributed by atoms with Crippen molar-refractivity contribution in [2.24, 2.45) is 20.8 Å². The molecule has 2 aliphatic heterocycles. The van der Waals surface area contributed by atoms with Crippen molar-refractivity contribution < 1.29 is 32.6 Å². The van der Waals surface area contributed by atoms with Gasteiger partial charge in [-0.05, 0) is 26.0 Å². The van der Waals surface area contributed by atoms with Gasteiger partial charge in [-0.25, -0.2) is 14.8 Å². The number of nitrogens with zero attached hydrogens (tertiary/aromatic N) is 3. The minimum absolute atomic E-state index is 0.0224. The van der Waals surface area contributed by atoms with Gasteiger partial charge >= 0.3 is 13.6 Å². The first-order valence-electron chi connectivity index (χ1n) is 10.5. The second-order valence-electron chi connectivity index (χ2n) is 6.97. The summed E-state index contributed by atoms with van der Waals surface area (Å²) in [4.78, 5) is 20.2. The van der Waals surface area contributed by atoms with Crippen molar-refractivity contribution >= 4 is 37.3 Å². The molecule has 0 bridgehead atoms. The van der Waals surface area contributed by atoms with Gasteiger partial charge in [0.15, 0.2) is 30.8 Å². The van der Waals surface area contributed by atoms with Crippen molar-refractivity contribution in [1.29, 1.82) is 5.41 Å². The highest BCUT2D eigenvalue weighted by Crippen LogP contribution is 2.48. The van der Waals surface area contributed by atoms with Gasteiger partial charge in [-0.15, -0.1) is 0 Å². The van der Waals surface area contributed by atoms with Crippen LogP contribution in [0.1, 0.15) is 30.6 Å². The Morgan fingerprint density at radius 2 is 2.00 bits per heavy atom. The van der Waals surface area contributed by atoms with Crippen LogP contribution < -0.4 is 11.2 Å². The van der Waals surface area contributed by atoms with Gasteiger partial charge in [-0.3, -0.25) is 15.4 Å². The molecular formula is C20H27N6O7P. The van der Waals surface area contributed by atoms with Crippen LogP contribution in [-0.2, 0) is 27.8 Å². The third-order valence-electron chi connectivity index (χ3n) is 4.55. The van der Waals surface area contributed by atoms with Crippen LogP contribution >= 0.6 is 7.60 Å². The highest BCUT2D eigenvalue weighted by atomic mass is 31.2. The van der Waals surface area contributed by atoms with E-state index in [1.54, 1.807) is 44.2 Å². The summed E-state index contributed by atoms with van der Waals surface area (Å²) in [5.74, 6) is -0.632. The maximum absolute atomic E-state index is 12.7. The molecule has 0 radical (unpaired) electrons. The van der Waals surface area contributed by atoms with Crippen molar-refractivity contribution in [3.05, 3.63) is 35.9 Å². The Bertz CT molecular complexity index is 1010. The zero-order valence-electron chi connectivity index (χ0n) is 18.7. The van der Waals surface area contributed by atoms with Gasteiger partial charge in [0, 0.05) is 6.42 Å². The molecule has 1 saturated heterocycles. The van der Waals surface area contributed by atoms with E-state index in [4.69, 9.17) is 34.4 Å². The van der Waals surface area contributed by atoms with E-state index in [2.05, 4.69) is 20.5 Å². The van der Waals surface area contributed by atoms with Gasteiger partial charge in [-0.2, -0.15) is 5.10 Å². The molecule has 0 aliphatic carbocycles. The number of carbonyl (C=O) groups is 1. The third kappa shape index (κ3) is 6.78. The minimum atomic E-state index is -3.47. The Labute approximate surface area is 196 Å². The lowest BCUT2D eigenvalue weighted by Crippen LogP contribution is -2.39. The van der Waals surface area contributed by atoms with Crippen molar-refractivity contribution in [1.82, 2.24) is 5.43 Å². The first-order chi connectivity index (χ1) is 16.3. The smallest absolute Gasteiger partial charge is 0.356 e. The number of hydrogen-bond acceptors (Lipinski definition) is 12. The van der Waals surface area contributed by atoms with Gasteiger partial charge in [0.05, 0.1) is 18.8 Å². The molecule has 34 heavy (non-hydrogen) atoms. The summed E-state index contributed by atoms with van der Waals surface area (Å²) < 4.78 is 40.1. The molecule has 1 fully saturated rings. The fraction of sp³-hybridized carbons (Fsp3) is 0.450. The van der Waals surface area contributed by atoms with E-state index in [0.29, 0.717) is 5.56 Å². The van der Waals surface area contributed by atoms with Crippen LogP contribution in [0.4, 0.5) is 0 Å². The Morgan fingerprint density at radius 1 is 1.29 bits per heavy atom.